The molecule has 0 aromatic carbocycles. The van der Waals surface area contributed by atoms with Gasteiger partial charge in [0.25, 0.3) is 0 Å². The molecule has 0 spiro atoms. The summed E-state index contributed by atoms with van der Waals surface area (Å²) in [4.78, 5) is 11.2. The van der Waals surface area contributed by atoms with Crippen molar-refractivity contribution in [2.24, 2.45) is 5.92 Å². The Balaban J connectivity index is 3.24. The fourth-order valence-corrected chi connectivity index (χ4v) is 0.974. The van der Waals surface area contributed by atoms with Crippen LogP contribution in [0, 0.1) is 5.92 Å². The SMILES string of the molecule is CC(C)CNCCNC(=O)COC(C)C. The molecule has 0 aliphatic heterocycles. The van der Waals surface area contributed by atoms with Crippen molar-refractivity contribution in [3.8, 4) is 0 Å². The van der Waals surface area contributed by atoms with Crippen LogP contribution in [0.2, 0.25) is 0 Å². The molecule has 0 aliphatic rings. The Morgan fingerprint density at radius 2 is 1.87 bits per heavy atom. The van der Waals surface area contributed by atoms with E-state index in [4.69, 9.17) is 4.74 Å². The van der Waals surface area contributed by atoms with Gasteiger partial charge in [0.1, 0.15) is 6.61 Å². The molecule has 1 amide bonds. The van der Waals surface area contributed by atoms with Crippen molar-refractivity contribution < 1.29 is 9.53 Å². The largest absolute Gasteiger partial charge is 0.369 e. The molecule has 90 valence electrons. The van der Waals surface area contributed by atoms with E-state index >= 15 is 0 Å². The number of carbonyl (C=O) groups excluding carboxylic acids is 1. The van der Waals surface area contributed by atoms with Crippen LogP contribution in [0.4, 0.5) is 0 Å². The van der Waals surface area contributed by atoms with Gasteiger partial charge in [-0.2, -0.15) is 0 Å². The molecule has 4 nitrogen and oxygen atoms in total. The molecule has 0 heterocycles. The van der Waals surface area contributed by atoms with E-state index in [-0.39, 0.29) is 18.6 Å². The highest BCUT2D eigenvalue weighted by atomic mass is 16.5. The summed E-state index contributed by atoms with van der Waals surface area (Å²) in [5.41, 5.74) is 0. The first-order valence-corrected chi connectivity index (χ1v) is 5.61. The minimum Gasteiger partial charge on any atom is -0.369 e. The Hall–Kier alpha value is -0.610. The van der Waals surface area contributed by atoms with E-state index in [2.05, 4.69) is 24.5 Å². The smallest absolute Gasteiger partial charge is 0.246 e. The van der Waals surface area contributed by atoms with Gasteiger partial charge in [0.05, 0.1) is 6.10 Å². The molecule has 0 bridgehead atoms. The van der Waals surface area contributed by atoms with E-state index in [9.17, 15) is 4.79 Å². The van der Waals surface area contributed by atoms with Gasteiger partial charge in [0.15, 0.2) is 0 Å². The summed E-state index contributed by atoms with van der Waals surface area (Å²) < 4.78 is 5.17. The standard InChI is InChI=1S/C11H24N2O2/c1-9(2)7-12-5-6-13-11(14)8-15-10(3)4/h9-10,12H,5-8H2,1-4H3,(H,13,14). The van der Waals surface area contributed by atoms with Gasteiger partial charge in [0.2, 0.25) is 5.91 Å². The second-order valence-corrected chi connectivity index (χ2v) is 4.31. The summed E-state index contributed by atoms with van der Waals surface area (Å²) in [6.45, 7) is 10.7. The second kappa shape index (κ2) is 8.68. The first-order valence-electron chi connectivity index (χ1n) is 5.61. The van der Waals surface area contributed by atoms with E-state index in [1.54, 1.807) is 0 Å². The Kier molecular flexibility index (Phi) is 8.33. The average Bonchev–Trinajstić information content (AvgIpc) is 2.13. The summed E-state index contributed by atoms with van der Waals surface area (Å²) in [5.74, 6) is 0.597. The van der Waals surface area contributed by atoms with Crippen molar-refractivity contribution in [3.05, 3.63) is 0 Å². The van der Waals surface area contributed by atoms with Crippen LogP contribution in [0.3, 0.4) is 0 Å². The van der Waals surface area contributed by atoms with Gasteiger partial charge < -0.3 is 15.4 Å². The molecule has 0 saturated heterocycles. The van der Waals surface area contributed by atoms with Gasteiger partial charge in [-0.25, -0.2) is 0 Å². The molecule has 0 rings (SSSR count). The predicted octanol–water partition coefficient (Wildman–Crippen LogP) is 0.773. The Morgan fingerprint density at radius 1 is 1.20 bits per heavy atom. The molecule has 0 fully saturated rings. The Labute approximate surface area is 92.8 Å². The summed E-state index contributed by atoms with van der Waals surface area (Å²) in [7, 11) is 0. The molecule has 0 aliphatic carbocycles. The van der Waals surface area contributed by atoms with Crippen molar-refractivity contribution in [1.82, 2.24) is 10.6 Å². The molecular weight excluding hydrogens is 192 g/mol. The van der Waals surface area contributed by atoms with Gasteiger partial charge in [-0.1, -0.05) is 13.8 Å². The number of amides is 1. The normalized spacial score (nSPS) is 11.1. The highest BCUT2D eigenvalue weighted by Crippen LogP contribution is 1.86. The second-order valence-electron chi connectivity index (χ2n) is 4.31. The molecular formula is C11H24N2O2. The summed E-state index contributed by atoms with van der Waals surface area (Å²) in [6.07, 6.45) is 0.106. The molecule has 0 aromatic rings. The first kappa shape index (κ1) is 14.4. The number of hydrogen-bond donors (Lipinski definition) is 2. The van der Waals surface area contributed by atoms with Crippen LogP contribution in [0.25, 0.3) is 0 Å². The highest BCUT2D eigenvalue weighted by molar-refractivity contribution is 5.77. The van der Waals surface area contributed by atoms with Crippen LogP contribution in [0.15, 0.2) is 0 Å². The Morgan fingerprint density at radius 3 is 2.40 bits per heavy atom. The minimum atomic E-state index is -0.0463. The molecule has 0 unspecified atom stereocenters. The maximum Gasteiger partial charge on any atom is 0.246 e. The lowest BCUT2D eigenvalue weighted by Crippen LogP contribution is -2.35. The van der Waals surface area contributed by atoms with Crippen LogP contribution < -0.4 is 10.6 Å². The van der Waals surface area contributed by atoms with Crippen molar-refractivity contribution in [1.29, 1.82) is 0 Å². The van der Waals surface area contributed by atoms with E-state index in [0.717, 1.165) is 13.1 Å². The molecule has 2 N–H and O–H groups in total. The minimum absolute atomic E-state index is 0.0463. The van der Waals surface area contributed by atoms with Gasteiger partial charge >= 0.3 is 0 Å². The number of nitrogens with one attached hydrogen (secondary N) is 2. The third kappa shape index (κ3) is 11.3. The lowest BCUT2D eigenvalue weighted by molar-refractivity contribution is -0.127. The van der Waals surface area contributed by atoms with Gasteiger partial charge in [0, 0.05) is 13.1 Å². The van der Waals surface area contributed by atoms with Crippen LogP contribution in [0.1, 0.15) is 27.7 Å². The monoisotopic (exact) mass is 216 g/mol. The highest BCUT2D eigenvalue weighted by Gasteiger charge is 2.01. The lowest BCUT2D eigenvalue weighted by atomic mass is 10.2. The maximum atomic E-state index is 11.2. The number of rotatable bonds is 8. The number of carbonyl (C=O) groups is 1. The van der Waals surface area contributed by atoms with Gasteiger partial charge in [-0.05, 0) is 26.3 Å². The van der Waals surface area contributed by atoms with Gasteiger partial charge in [-0.3, -0.25) is 4.79 Å². The van der Waals surface area contributed by atoms with Crippen molar-refractivity contribution in [2.45, 2.75) is 33.8 Å². The summed E-state index contributed by atoms with van der Waals surface area (Å²) in [6, 6.07) is 0. The van der Waals surface area contributed by atoms with Crippen molar-refractivity contribution in [2.75, 3.05) is 26.2 Å². The third-order valence-electron chi connectivity index (χ3n) is 1.72. The molecule has 15 heavy (non-hydrogen) atoms. The fraction of sp³-hybridized carbons (Fsp3) is 0.909. The average molecular weight is 216 g/mol. The quantitative estimate of drug-likeness (QED) is 0.589. The molecule has 0 radical (unpaired) electrons. The zero-order chi connectivity index (χ0) is 11.7. The topological polar surface area (TPSA) is 50.4 Å². The summed E-state index contributed by atoms with van der Waals surface area (Å²) in [5, 5.41) is 6.03. The molecule has 0 saturated carbocycles. The molecule has 4 heteroatoms. The van der Waals surface area contributed by atoms with Crippen LogP contribution >= 0.6 is 0 Å². The summed E-state index contributed by atoms with van der Waals surface area (Å²) >= 11 is 0. The third-order valence-corrected chi connectivity index (χ3v) is 1.72. The van der Waals surface area contributed by atoms with Crippen LogP contribution in [-0.2, 0) is 9.53 Å². The number of hydrogen-bond acceptors (Lipinski definition) is 3. The lowest BCUT2D eigenvalue weighted by Gasteiger charge is -2.10. The maximum absolute atomic E-state index is 11.2. The van der Waals surface area contributed by atoms with Crippen molar-refractivity contribution in [3.63, 3.8) is 0 Å². The van der Waals surface area contributed by atoms with E-state index in [1.807, 2.05) is 13.8 Å². The zero-order valence-electron chi connectivity index (χ0n) is 10.3. The van der Waals surface area contributed by atoms with Crippen LogP contribution in [-0.4, -0.2) is 38.3 Å². The zero-order valence-corrected chi connectivity index (χ0v) is 10.3. The molecule has 0 atom stereocenters. The number of ether oxygens (including phenoxy) is 1. The van der Waals surface area contributed by atoms with E-state index in [0.29, 0.717) is 12.5 Å². The van der Waals surface area contributed by atoms with Gasteiger partial charge in [-0.15, -0.1) is 0 Å². The first-order chi connectivity index (χ1) is 7.02. The molecule has 0 aromatic heterocycles. The van der Waals surface area contributed by atoms with E-state index in [1.165, 1.54) is 0 Å². The van der Waals surface area contributed by atoms with Crippen LogP contribution in [0.5, 0.6) is 0 Å². The Bertz CT molecular complexity index is 170. The van der Waals surface area contributed by atoms with E-state index < -0.39 is 0 Å². The van der Waals surface area contributed by atoms with Crippen molar-refractivity contribution >= 4 is 5.91 Å². The fourth-order valence-electron chi connectivity index (χ4n) is 0.974. The predicted molar refractivity (Wildman–Crippen MR) is 61.8 cm³/mol.